The molecule has 0 fully saturated rings. The molecule has 29 heavy (non-hydrogen) atoms. The van der Waals surface area contributed by atoms with Gasteiger partial charge in [-0.15, -0.1) is 0 Å². The maximum Gasteiger partial charge on any atom is 0.264 e. The second-order valence-corrected chi connectivity index (χ2v) is 8.72. The Balaban J connectivity index is 2.00. The topological polar surface area (TPSA) is 79.4 Å². The van der Waals surface area contributed by atoms with Gasteiger partial charge >= 0.3 is 0 Å². The summed E-state index contributed by atoms with van der Waals surface area (Å²) < 4.78 is 27.8. The first-order valence-electron chi connectivity index (χ1n) is 8.84. The van der Waals surface area contributed by atoms with E-state index in [4.69, 9.17) is 11.6 Å². The number of carbonyl (C=O) groups excluding carboxylic acids is 1. The molecule has 6 nitrogen and oxygen atoms in total. The molecule has 3 rings (SSSR count). The summed E-state index contributed by atoms with van der Waals surface area (Å²) in [7, 11) is -3.97. The molecule has 1 amide bonds. The number of anilines is 2. The van der Waals surface area contributed by atoms with E-state index >= 15 is 0 Å². The van der Waals surface area contributed by atoms with Gasteiger partial charge in [0.25, 0.3) is 10.0 Å². The van der Waals surface area contributed by atoms with Crippen LogP contribution in [0.3, 0.4) is 0 Å². The van der Waals surface area contributed by atoms with Gasteiger partial charge in [0.2, 0.25) is 5.91 Å². The minimum atomic E-state index is -3.97. The van der Waals surface area contributed by atoms with Crippen LogP contribution in [0.5, 0.6) is 0 Å². The standard InChI is InChI=1S/C21H20ClN3O3S/c1-15-10-11-16(2)19(13-15)25(29(27,28)17-7-4-3-5-8-17)14-20(26)24-18-9-6-12-23-21(18)22/h3-13H,14H2,1-2H3,(H,24,26). The number of hydrogen-bond donors (Lipinski definition) is 1. The average molecular weight is 430 g/mol. The number of carbonyl (C=O) groups is 1. The van der Waals surface area contributed by atoms with Crippen molar-refractivity contribution in [1.82, 2.24) is 4.98 Å². The fourth-order valence-electron chi connectivity index (χ4n) is 2.81. The Labute approximate surface area is 175 Å². The van der Waals surface area contributed by atoms with E-state index in [1.165, 1.54) is 18.3 Å². The van der Waals surface area contributed by atoms with Crippen LogP contribution in [0.1, 0.15) is 11.1 Å². The van der Waals surface area contributed by atoms with E-state index in [0.717, 1.165) is 15.4 Å². The van der Waals surface area contributed by atoms with Crippen molar-refractivity contribution < 1.29 is 13.2 Å². The van der Waals surface area contributed by atoms with Crippen molar-refractivity contribution in [3.8, 4) is 0 Å². The maximum absolute atomic E-state index is 13.4. The third kappa shape index (κ3) is 4.75. The first-order chi connectivity index (χ1) is 13.8. The van der Waals surface area contributed by atoms with Crippen molar-refractivity contribution in [3.05, 3.63) is 83.1 Å². The van der Waals surface area contributed by atoms with E-state index in [1.54, 1.807) is 43.3 Å². The molecule has 0 radical (unpaired) electrons. The smallest absolute Gasteiger partial charge is 0.264 e. The van der Waals surface area contributed by atoms with Crippen LogP contribution in [0.2, 0.25) is 5.15 Å². The summed E-state index contributed by atoms with van der Waals surface area (Å²) in [5, 5.41) is 2.76. The van der Waals surface area contributed by atoms with E-state index in [1.807, 2.05) is 19.1 Å². The molecule has 0 spiro atoms. The number of nitrogens with one attached hydrogen (secondary N) is 1. The largest absolute Gasteiger partial charge is 0.322 e. The highest BCUT2D eigenvalue weighted by molar-refractivity contribution is 7.92. The molecule has 1 aromatic heterocycles. The molecule has 3 aromatic rings. The van der Waals surface area contributed by atoms with Gasteiger partial charge in [-0.25, -0.2) is 13.4 Å². The molecule has 0 saturated carbocycles. The fraction of sp³-hybridized carbons (Fsp3) is 0.143. The van der Waals surface area contributed by atoms with Crippen LogP contribution < -0.4 is 9.62 Å². The summed E-state index contributed by atoms with van der Waals surface area (Å²) in [5.74, 6) is -0.527. The second-order valence-electron chi connectivity index (χ2n) is 6.50. The highest BCUT2D eigenvalue weighted by Crippen LogP contribution is 2.28. The monoisotopic (exact) mass is 429 g/mol. The minimum Gasteiger partial charge on any atom is -0.322 e. The SMILES string of the molecule is Cc1ccc(C)c(N(CC(=O)Nc2cccnc2Cl)S(=O)(=O)c2ccccc2)c1. The number of halogens is 1. The number of amides is 1. The molecule has 0 saturated heterocycles. The van der Waals surface area contributed by atoms with Crippen LogP contribution in [-0.2, 0) is 14.8 Å². The zero-order valence-corrected chi connectivity index (χ0v) is 17.5. The molecular weight excluding hydrogens is 410 g/mol. The molecule has 0 bridgehead atoms. The molecule has 150 valence electrons. The first-order valence-corrected chi connectivity index (χ1v) is 10.7. The number of sulfonamides is 1. The Morgan fingerprint density at radius 2 is 1.79 bits per heavy atom. The molecule has 1 heterocycles. The lowest BCUT2D eigenvalue weighted by Crippen LogP contribution is -2.38. The Morgan fingerprint density at radius 3 is 2.48 bits per heavy atom. The zero-order chi connectivity index (χ0) is 21.0. The van der Waals surface area contributed by atoms with Gasteiger partial charge in [0.1, 0.15) is 6.54 Å². The van der Waals surface area contributed by atoms with Crippen LogP contribution >= 0.6 is 11.6 Å². The lowest BCUT2D eigenvalue weighted by Gasteiger charge is -2.26. The van der Waals surface area contributed by atoms with Crippen LogP contribution in [0, 0.1) is 13.8 Å². The molecular formula is C21H20ClN3O3S. The average Bonchev–Trinajstić information content (AvgIpc) is 2.70. The number of benzene rings is 2. The van der Waals surface area contributed by atoms with Crippen molar-refractivity contribution in [2.45, 2.75) is 18.7 Å². The molecule has 1 N–H and O–H groups in total. The molecule has 0 unspecified atom stereocenters. The molecule has 8 heteroatoms. The minimum absolute atomic E-state index is 0.105. The molecule has 0 aliphatic heterocycles. The van der Waals surface area contributed by atoms with Crippen LogP contribution in [-0.4, -0.2) is 25.9 Å². The predicted molar refractivity (Wildman–Crippen MR) is 115 cm³/mol. The van der Waals surface area contributed by atoms with Gasteiger partial charge in [-0.2, -0.15) is 0 Å². The highest BCUT2D eigenvalue weighted by atomic mass is 35.5. The third-order valence-corrected chi connectivity index (χ3v) is 6.36. The van der Waals surface area contributed by atoms with Crippen molar-refractivity contribution in [3.63, 3.8) is 0 Å². The van der Waals surface area contributed by atoms with Gasteiger partial charge in [0, 0.05) is 6.20 Å². The Kier molecular flexibility index (Phi) is 6.20. The fourth-order valence-corrected chi connectivity index (χ4v) is 4.47. The molecule has 0 aliphatic rings. The van der Waals surface area contributed by atoms with Gasteiger partial charge in [-0.05, 0) is 55.3 Å². The van der Waals surface area contributed by atoms with Crippen molar-refractivity contribution in [2.24, 2.45) is 0 Å². The number of aromatic nitrogens is 1. The van der Waals surface area contributed by atoms with Crippen LogP contribution in [0.4, 0.5) is 11.4 Å². The predicted octanol–water partition coefficient (Wildman–Crippen LogP) is 4.19. The van der Waals surface area contributed by atoms with Crippen molar-refractivity contribution in [2.75, 3.05) is 16.2 Å². The number of nitrogens with zero attached hydrogens (tertiary/aromatic N) is 2. The van der Waals surface area contributed by atoms with E-state index < -0.39 is 22.5 Å². The number of rotatable bonds is 6. The maximum atomic E-state index is 13.4. The number of hydrogen-bond acceptors (Lipinski definition) is 4. The van der Waals surface area contributed by atoms with Gasteiger partial charge in [0.15, 0.2) is 5.15 Å². The van der Waals surface area contributed by atoms with Crippen LogP contribution in [0.15, 0.2) is 71.8 Å². The highest BCUT2D eigenvalue weighted by Gasteiger charge is 2.28. The molecule has 0 aliphatic carbocycles. The summed E-state index contributed by atoms with van der Waals surface area (Å²) in [6.07, 6.45) is 1.50. The van der Waals surface area contributed by atoms with Gasteiger partial charge in [0.05, 0.1) is 16.3 Å². The van der Waals surface area contributed by atoms with E-state index in [9.17, 15) is 13.2 Å². The first kappa shape index (κ1) is 20.8. The summed E-state index contributed by atoms with van der Waals surface area (Å²) in [6.45, 7) is 3.26. The van der Waals surface area contributed by atoms with E-state index in [0.29, 0.717) is 11.4 Å². The summed E-state index contributed by atoms with van der Waals surface area (Å²) in [4.78, 5) is 16.7. The van der Waals surface area contributed by atoms with Crippen molar-refractivity contribution in [1.29, 1.82) is 0 Å². The summed E-state index contributed by atoms with van der Waals surface area (Å²) in [6, 6.07) is 16.7. The normalized spacial score (nSPS) is 11.1. The van der Waals surface area contributed by atoms with E-state index in [2.05, 4.69) is 10.3 Å². The number of aryl methyl sites for hydroxylation is 2. The molecule has 2 aromatic carbocycles. The second kappa shape index (κ2) is 8.63. The quantitative estimate of drug-likeness (QED) is 0.596. The van der Waals surface area contributed by atoms with Gasteiger partial charge in [-0.1, -0.05) is 41.9 Å². The lowest BCUT2D eigenvalue weighted by atomic mass is 10.1. The number of pyridine rings is 1. The van der Waals surface area contributed by atoms with Gasteiger partial charge in [-0.3, -0.25) is 9.10 Å². The summed E-state index contributed by atoms with van der Waals surface area (Å²) >= 11 is 6.00. The zero-order valence-electron chi connectivity index (χ0n) is 16.0. The van der Waals surface area contributed by atoms with Gasteiger partial charge < -0.3 is 5.32 Å². The van der Waals surface area contributed by atoms with Crippen molar-refractivity contribution >= 4 is 38.9 Å². The van der Waals surface area contributed by atoms with E-state index in [-0.39, 0.29) is 10.0 Å². The Hall–Kier alpha value is -2.90. The summed E-state index contributed by atoms with van der Waals surface area (Å²) in [5.41, 5.74) is 2.38. The third-order valence-electron chi connectivity index (χ3n) is 4.28. The van der Waals surface area contributed by atoms with Crippen LogP contribution in [0.25, 0.3) is 0 Å². The Bertz CT molecular complexity index is 1130. The Morgan fingerprint density at radius 1 is 1.07 bits per heavy atom. The lowest BCUT2D eigenvalue weighted by molar-refractivity contribution is -0.114. The molecule has 0 atom stereocenters.